The Hall–Kier alpha value is -2.47. The lowest BCUT2D eigenvalue weighted by Crippen LogP contribution is -2.37. The largest absolute Gasteiger partial charge is 0.359 e. The van der Waals surface area contributed by atoms with Gasteiger partial charge in [0.25, 0.3) is 0 Å². The average Bonchev–Trinajstić information content (AvgIpc) is 2.79. The van der Waals surface area contributed by atoms with E-state index in [2.05, 4.69) is 54.2 Å². The Kier molecular flexibility index (Phi) is 6.86. The maximum absolute atomic E-state index is 11.7. The maximum Gasteiger partial charge on any atom is 0.219 e. The zero-order valence-corrected chi connectivity index (χ0v) is 19.2. The number of amides is 1. The van der Waals surface area contributed by atoms with E-state index in [9.17, 15) is 4.79 Å². The van der Waals surface area contributed by atoms with E-state index < -0.39 is 0 Å². The molecule has 4 rings (SSSR count). The molecule has 2 aromatic rings. The molecule has 6 nitrogen and oxygen atoms in total. The van der Waals surface area contributed by atoms with E-state index in [1.807, 2.05) is 4.90 Å². The van der Waals surface area contributed by atoms with E-state index in [0.29, 0.717) is 5.92 Å². The van der Waals surface area contributed by atoms with Gasteiger partial charge in [-0.3, -0.25) is 4.79 Å². The van der Waals surface area contributed by atoms with Crippen molar-refractivity contribution < 1.29 is 4.79 Å². The molecule has 0 atom stereocenters. The highest BCUT2D eigenvalue weighted by atomic mass is 16.2. The zero-order chi connectivity index (χ0) is 21.8. The molecule has 2 aliphatic rings. The van der Waals surface area contributed by atoms with Gasteiger partial charge in [-0.25, -0.2) is 9.97 Å². The number of likely N-dealkylation sites (tertiary alicyclic amines) is 1. The third-order valence-corrected chi connectivity index (χ3v) is 6.72. The number of rotatable bonds is 6. The molecular formula is C25H35N5O. The molecule has 1 saturated heterocycles. The van der Waals surface area contributed by atoms with Crippen LogP contribution in [0.4, 0.5) is 5.82 Å². The van der Waals surface area contributed by atoms with Gasteiger partial charge in [-0.1, -0.05) is 30.3 Å². The molecule has 1 aromatic heterocycles. The summed E-state index contributed by atoms with van der Waals surface area (Å²) in [6.45, 7) is 6.22. The molecule has 0 spiro atoms. The summed E-state index contributed by atoms with van der Waals surface area (Å²) in [7, 11) is 4.35. The van der Waals surface area contributed by atoms with E-state index in [1.54, 1.807) is 6.92 Å². The summed E-state index contributed by atoms with van der Waals surface area (Å²) < 4.78 is 0. The smallest absolute Gasteiger partial charge is 0.219 e. The number of benzene rings is 1. The Morgan fingerprint density at radius 1 is 1.13 bits per heavy atom. The summed E-state index contributed by atoms with van der Waals surface area (Å²) >= 11 is 0. The number of anilines is 1. The number of hydrogen-bond donors (Lipinski definition) is 0. The van der Waals surface area contributed by atoms with Gasteiger partial charge in [-0.2, -0.15) is 0 Å². The number of carbonyl (C=O) groups is 1. The minimum absolute atomic E-state index is 0.173. The second-order valence-electron chi connectivity index (χ2n) is 9.11. The third kappa shape index (κ3) is 5.24. The fourth-order valence-electron chi connectivity index (χ4n) is 4.77. The first-order chi connectivity index (χ1) is 15.0. The quantitative estimate of drug-likeness (QED) is 0.717. The molecule has 166 valence electrons. The van der Waals surface area contributed by atoms with Crippen molar-refractivity contribution >= 4 is 11.7 Å². The number of hydrogen-bond acceptors (Lipinski definition) is 5. The highest BCUT2D eigenvalue weighted by Gasteiger charge is 2.28. The predicted octanol–water partition coefficient (Wildman–Crippen LogP) is 3.26. The van der Waals surface area contributed by atoms with Crippen LogP contribution in [0.1, 0.15) is 54.7 Å². The lowest BCUT2D eigenvalue weighted by atomic mass is 9.95. The van der Waals surface area contributed by atoms with Crippen molar-refractivity contribution in [3.8, 4) is 0 Å². The fourth-order valence-corrected chi connectivity index (χ4v) is 4.77. The first-order valence-electron chi connectivity index (χ1n) is 11.6. The molecular weight excluding hydrogens is 386 g/mol. The summed E-state index contributed by atoms with van der Waals surface area (Å²) in [5, 5.41) is 0. The Morgan fingerprint density at radius 2 is 1.87 bits per heavy atom. The monoisotopic (exact) mass is 421 g/mol. The summed E-state index contributed by atoms with van der Waals surface area (Å²) in [4.78, 5) is 28.5. The van der Waals surface area contributed by atoms with Gasteiger partial charge in [-0.05, 0) is 38.3 Å². The van der Waals surface area contributed by atoms with Crippen LogP contribution in [0.15, 0.2) is 30.3 Å². The predicted molar refractivity (Wildman–Crippen MR) is 124 cm³/mol. The minimum atomic E-state index is 0.173. The van der Waals surface area contributed by atoms with Crippen LogP contribution in [0.5, 0.6) is 0 Å². The first-order valence-corrected chi connectivity index (χ1v) is 11.6. The van der Waals surface area contributed by atoms with Gasteiger partial charge < -0.3 is 14.7 Å². The van der Waals surface area contributed by atoms with Gasteiger partial charge in [0.2, 0.25) is 5.91 Å². The van der Waals surface area contributed by atoms with Crippen LogP contribution in [-0.2, 0) is 24.2 Å². The lowest BCUT2D eigenvalue weighted by Gasteiger charge is -2.33. The van der Waals surface area contributed by atoms with Crippen LogP contribution < -0.4 is 4.90 Å². The third-order valence-electron chi connectivity index (χ3n) is 6.72. The van der Waals surface area contributed by atoms with Crippen LogP contribution >= 0.6 is 0 Å². The fraction of sp³-hybridized carbons (Fsp3) is 0.560. The zero-order valence-electron chi connectivity index (χ0n) is 19.2. The number of aromatic nitrogens is 2. The molecule has 1 aromatic carbocycles. The number of nitrogens with zero attached hydrogens (tertiary/aromatic N) is 5. The molecule has 2 aliphatic heterocycles. The van der Waals surface area contributed by atoms with Crippen molar-refractivity contribution in [2.75, 3.05) is 45.2 Å². The normalized spacial score (nSPS) is 17.5. The molecule has 0 aliphatic carbocycles. The Balaban J connectivity index is 1.51. The molecule has 0 unspecified atom stereocenters. The minimum Gasteiger partial charge on any atom is -0.359 e. The summed E-state index contributed by atoms with van der Waals surface area (Å²) in [5.74, 6) is 2.61. The number of piperidine rings is 1. The Labute approximate surface area is 186 Å². The van der Waals surface area contributed by atoms with Gasteiger partial charge >= 0.3 is 0 Å². The highest BCUT2D eigenvalue weighted by Crippen LogP contribution is 2.31. The van der Waals surface area contributed by atoms with E-state index >= 15 is 0 Å². The van der Waals surface area contributed by atoms with Gasteiger partial charge in [0.15, 0.2) is 0 Å². The molecule has 0 N–H and O–H groups in total. The Bertz CT molecular complexity index is 892. The van der Waals surface area contributed by atoms with Crippen molar-refractivity contribution in [3.63, 3.8) is 0 Å². The molecule has 31 heavy (non-hydrogen) atoms. The summed E-state index contributed by atoms with van der Waals surface area (Å²) in [6.07, 6.45) is 5.07. The van der Waals surface area contributed by atoms with E-state index in [-0.39, 0.29) is 5.91 Å². The first kappa shape index (κ1) is 21.8. The van der Waals surface area contributed by atoms with Crippen molar-refractivity contribution in [3.05, 3.63) is 53.0 Å². The lowest BCUT2D eigenvalue weighted by molar-refractivity contribution is -0.129. The van der Waals surface area contributed by atoms with Crippen molar-refractivity contribution in [2.45, 2.75) is 51.5 Å². The van der Waals surface area contributed by atoms with Crippen molar-refractivity contribution in [2.24, 2.45) is 0 Å². The molecule has 0 radical (unpaired) electrons. The van der Waals surface area contributed by atoms with E-state index in [1.165, 1.54) is 16.8 Å². The highest BCUT2D eigenvalue weighted by molar-refractivity contribution is 5.73. The maximum atomic E-state index is 11.7. The van der Waals surface area contributed by atoms with Crippen LogP contribution in [0.3, 0.4) is 0 Å². The standard InChI is InChI=1S/C25H35N5O/c1-19(31)30-16-11-21(12-17-30)24-26-23-13-15-28(2)18-22(23)25(27-24)29(3)14-7-10-20-8-5-4-6-9-20/h4-6,8-9,21H,7,10-18H2,1-3H3. The number of carbonyl (C=O) groups excluding carboxylic acids is 1. The van der Waals surface area contributed by atoms with Crippen LogP contribution in [0.2, 0.25) is 0 Å². The number of fused-ring (bicyclic) bond motifs is 1. The molecule has 6 heteroatoms. The second-order valence-corrected chi connectivity index (χ2v) is 9.11. The molecule has 1 amide bonds. The average molecular weight is 422 g/mol. The van der Waals surface area contributed by atoms with E-state index in [4.69, 9.17) is 9.97 Å². The molecule has 0 saturated carbocycles. The molecule has 0 bridgehead atoms. The summed E-state index contributed by atoms with van der Waals surface area (Å²) in [6, 6.07) is 10.7. The number of aryl methyl sites for hydroxylation is 1. The molecule has 1 fully saturated rings. The van der Waals surface area contributed by atoms with Gasteiger partial charge in [0.1, 0.15) is 11.6 Å². The summed E-state index contributed by atoms with van der Waals surface area (Å²) in [5.41, 5.74) is 3.90. The van der Waals surface area contributed by atoms with Crippen molar-refractivity contribution in [1.82, 2.24) is 19.8 Å². The number of likely N-dealkylation sites (N-methyl/N-ethyl adjacent to an activating group) is 1. The Morgan fingerprint density at radius 3 is 2.58 bits per heavy atom. The second kappa shape index (κ2) is 9.77. The van der Waals surface area contributed by atoms with Crippen LogP contribution in [0, 0.1) is 0 Å². The van der Waals surface area contributed by atoms with Crippen LogP contribution in [-0.4, -0.2) is 65.9 Å². The van der Waals surface area contributed by atoms with Crippen LogP contribution in [0.25, 0.3) is 0 Å². The van der Waals surface area contributed by atoms with E-state index in [0.717, 1.165) is 76.5 Å². The van der Waals surface area contributed by atoms with Crippen molar-refractivity contribution in [1.29, 1.82) is 0 Å². The van der Waals surface area contributed by atoms with Gasteiger partial charge in [-0.15, -0.1) is 0 Å². The molecule has 3 heterocycles. The topological polar surface area (TPSA) is 52.6 Å². The SMILES string of the molecule is CC(=O)N1CCC(c2nc3c(c(N(C)CCCc4ccccc4)n2)CN(C)CC3)CC1. The van der Waals surface area contributed by atoms with Gasteiger partial charge in [0.05, 0.1) is 5.69 Å². The van der Waals surface area contributed by atoms with Gasteiger partial charge in [0, 0.05) is 64.6 Å².